The zero-order chi connectivity index (χ0) is 12.8. The summed E-state index contributed by atoms with van der Waals surface area (Å²) in [6.07, 6.45) is 0.542. The van der Waals surface area contributed by atoms with Crippen molar-refractivity contribution in [3.63, 3.8) is 0 Å². The van der Waals surface area contributed by atoms with E-state index in [0.717, 1.165) is 0 Å². The Labute approximate surface area is 98.6 Å². The Hall–Kier alpha value is -0.430. The molecule has 5 nitrogen and oxygen atoms in total. The van der Waals surface area contributed by atoms with Gasteiger partial charge in [0.15, 0.2) is 9.84 Å². The predicted octanol–water partition coefficient (Wildman–Crippen LogP) is 0.281. The van der Waals surface area contributed by atoms with Gasteiger partial charge in [-0.2, -0.15) is 0 Å². The van der Waals surface area contributed by atoms with Crippen molar-refractivity contribution in [3.8, 4) is 0 Å². The number of sulfone groups is 1. The van der Waals surface area contributed by atoms with Gasteiger partial charge in [0.1, 0.15) is 0 Å². The molecule has 0 amide bonds. The number of carboxylic acids is 1. The third kappa shape index (κ3) is 6.95. The van der Waals surface area contributed by atoms with Crippen LogP contribution in [0.3, 0.4) is 0 Å². The average molecular weight is 270 g/mol. The predicted molar refractivity (Wildman–Crippen MR) is 63.6 cm³/mol. The molecule has 0 rings (SSSR count). The summed E-state index contributed by atoms with van der Waals surface area (Å²) in [4.78, 5) is 10.5. The number of carbonyl (C=O) groups is 1. The molecule has 0 saturated heterocycles. The standard InChI is InChI=1S/C9H18O5S2/c1-3-5-16(13,14)6-4-15(12)7-8(2)9(10)11/h8H,3-7H2,1-2H3,(H,10,11). The molecule has 96 valence electrons. The van der Waals surface area contributed by atoms with Crippen molar-refractivity contribution >= 4 is 26.6 Å². The smallest absolute Gasteiger partial charge is 0.307 e. The summed E-state index contributed by atoms with van der Waals surface area (Å²) in [6.45, 7) is 3.22. The molecule has 0 radical (unpaired) electrons. The maximum Gasteiger partial charge on any atom is 0.307 e. The Bertz CT molecular complexity index is 347. The fraction of sp³-hybridized carbons (Fsp3) is 0.889. The highest BCUT2D eigenvalue weighted by atomic mass is 32.2. The summed E-state index contributed by atoms with van der Waals surface area (Å²) < 4.78 is 34.0. The second kappa shape index (κ2) is 7.01. The van der Waals surface area contributed by atoms with Crippen molar-refractivity contribution in [2.45, 2.75) is 20.3 Å². The molecule has 0 aromatic carbocycles. The lowest BCUT2D eigenvalue weighted by Gasteiger charge is -2.06. The van der Waals surface area contributed by atoms with Gasteiger partial charge in [-0.1, -0.05) is 13.8 Å². The van der Waals surface area contributed by atoms with Gasteiger partial charge in [-0.15, -0.1) is 0 Å². The highest BCUT2D eigenvalue weighted by molar-refractivity contribution is 7.93. The summed E-state index contributed by atoms with van der Waals surface area (Å²) in [5.41, 5.74) is 0. The molecule has 0 aromatic rings. The molecule has 2 atom stereocenters. The molecule has 2 unspecified atom stereocenters. The van der Waals surface area contributed by atoms with E-state index in [1.54, 1.807) is 6.92 Å². The molecule has 7 heteroatoms. The molecule has 0 aliphatic carbocycles. The highest BCUT2D eigenvalue weighted by Crippen LogP contribution is 2.01. The second-order valence-electron chi connectivity index (χ2n) is 3.70. The van der Waals surface area contributed by atoms with Gasteiger partial charge >= 0.3 is 5.97 Å². The first-order chi connectivity index (χ1) is 7.28. The van der Waals surface area contributed by atoms with Gasteiger partial charge < -0.3 is 5.11 Å². The van der Waals surface area contributed by atoms with Crippen LogP contribution < -0.4 is 0 Å². The molecule has 1 N–H and O–H groups in total. The van der Waals surface area contributed by atoms with Gasteiger partial charge in [-0.25, -0.2) is 8.42 Å². The van der Waals surface area contributed by atoms with E-state index in [1.165, 1.54) is 6.92 Å². The van der Waals surface area contributed by atoms with E-state index in [0.29, 0.717) is 6.42 Å². The summed E-state index contributed by atoms with van der Waals surface area (Å²) >= 11 is 0. The van der Waals surface area contributed by atoms with Crippen LogP contribution in [-0.2, 0) is 25.4 Å². The number of rotatable bonds is 8. The lowest BCUT2D eigenvalue weighted by atomic mass is 10.2. The fourth-order valence-electron chi connectivity index (χ4n) is 1.07. The van der Waals surface area contributed by atoms with E-state index in [1.807, 2.05) is 0 Å². The Morgan fingerprint density at radius 2 is 1.94 bits per heavy atom. The van der Waals surface area contributed by atoms with Crippen LogP contribution in [0, 0.1) is 5.92 Å². The van der Waals surface area contributed by atoms with Crippen LogP contribution in [0.4, 0.5) is 0 Å². The van der Waals surface area contributed by atoms with Crippen LogP contribution in [0.5, 0.6) is 0 Å². The normalized spacial score (nSPS) is 15.6. The second-order valence-corrected chi connectivity index (χ2v) is 7.63. The van der Waals surface area contributed by atoms with Crippen molar-refractivity contribution in [1.82, 2.24) is 0 Å². The van der Waals surface area contributed by atoms with Crippen LogP contribution >= 0.6 is 0 Å². The van der Waals surface area contributed by atoms with Crippen molar-refractivity contribution < 1.29 is 22.5 Å². The van der Waals surface area contributed by atoms with E-state index >= 15 is 0 Å². The summed E-state index contributed by atoms with van der Waals surface area (Å²) in [5.74, 6) is -1.70. The largest absolute Gasteiger partial charge is 0.481 e. The molecule has 0 saturated carbocycles. The molecular weight excluding hydrogens is 252 g/mol. The number of carboxylic acid groups (broad SMARTS) is 1. The molecule has 0 aromatic heterocycles. The van der Waals surface area contributed by atoms with Crippen LogP contribution in [0.2, 0.25) is 0 Å². The van der Waals surface area contributed by atoms with E-state index in [4.69, 9.17) is 5.11 Å². The molecule has 0 aliphatic rings. The molecule has 0 aliphatic heterocycles. The van der Waals surface area contributed by atoms with Crippen LogP contribution in [0.1, 0.15) is 20.3 Å². The van der Waals surface area contributed by atoms with Crippen molar-refractivity contribution in [3.05, 3.63) is 0 Å². The van der Waals surface area contributed by atoms with Crippen LogP contribution in [-0.4, -0.2) is 46.7 Å². The van der Waals surface area contributed by atoms with Crippen LogP contribution in [0.25, 0.3) is 0 Å². The SMILES string of the molecule is CCCS(=O)(=O)CCS(=O)CC(C)C(=O)O. The topological polar surface area (TPSA) is 88.5 Å². The molecule has 0 bridgehead atoms. The van der Waals surface area contributed by atoms with E-state index in [2.05, 4.69) is 0 Å². The summed E-state index contributed by atoms with van der Waals surface area (Å²) in [5, 5.41) is 8.59. The number of aliphatic carboxylic acids is 1. The summed E-state index contributed by atoms with van der Waals surface area (Å²) in [6, 6.07) is 0. The third-order valence-electron chi connectivity index (χ3n) is 1.99. The molecule has 0 heterocycles. The quantitative estimate of drug-likeness (QED) is 0.684. The molecule has 0 spiro atoms. The minimum Gasteiger partial charge on any atom is -0.481 e. The minimum absolute atomic E-state index is 0.0109. The fourth-order valence-corrected chi connectivity index (χ4v) is 4.52. The third-order valence-corrected chi connectivity index (χ3v) is 5.64. The minimum atomic E-state index is -3.12. The Balaban J connectivity index is 4.04. The Kier molecular flexibility index (Phi) is 6.82. The zero-order valence-corrected chi connectivity index (χ0v) is 11.1. The van der Waals surface area contributed by atoms with Gasteiger partial charge in [-0.05, 0) is 6.42 Å². The van der Waals surface area contributed by atoms with Crippen molar-refractivity contribution in [2.75, 3.05) is 23.0 Å². The van der Waals surface area contributed by atoms with Crippen molar-refractivity contribution in [1.29, 1.82) is 0 Å². The number of hydrogen-bond acceptors (Lipinski definition) is 4. The van der Waals surface area contributed by atoms with Gasteiger partial charge in [0.05, 0.1) is 11.7 Å². The lowest BCUT2D eigenvalue weighted by molar-refractivity contribution is -0.140. The molecule has 16 heavy (non-hydrogen) atoms. The maximum absolute atomic E-state index is 11.4. The van der Waals surface area contributed by atoms with E-state index < -0.39 is 32.5 Å². The Morgan fingerprint density at radius 3 is 2.38 bits per heavy atom. The van der Waals surface area contributed by atoms with Gasteiger partial charge in [0.2, 0.25) is 0 Å². The molecule has 0 fully saturated rings. The van der Waals surface area contributed by atoms with Crippen LogP contribution in [0.15, 0.2) is 0 Å². The van der Waals surface area contributed by atoms with E-state index in [-0.39, 0.29) is 23.0 Å². The maximum atomic E-state index is 11.4. The zero-order valence-electron chi connectivity index (χ0n) is 9.51. The monoisotopic (exact) mass is 270 g/mol. The van der Waals surface area contributed by atoms with E-state index in [9.17, 15) is 17.4 Å². The van der Waals surface area contributed by atoms with Gasteiger partial charge in [0, 0.05) is 28.1 Å². The highest BCUT2D eigenvalue weighted by Gasteiger charge is 2.17. The Morgan fingerprint density at radius 1 is 1.38 bits per heavy atom. The molecular formula is C9H18O5S2. The van der Waals surface area contributed by atoms with Gasteiger partial charge in [0.25, 0.3) is 0 Å². The summed E-state index contributed by atoms with van der Waals surface area (Å²) in [7, 11) is -4.50. The number of hydrogen-bond donors (Lipinski definition) is 1. The lowest BCUT2D eigenvalue weighted by Crippen LogP contribution is -2.22. The van der Waals surface area contributed by atoms with Crippen molar-refractivity contribution in [2.24, 2.45) is 5.92 Å². The van der Waals surface area contributed by atoms with Gasteiger partial charge in [-0.3, -0.25) is 9.00 Å². The first-order valence-corrected chi connectivity index (χ1v) is 8.37. The first-order valence-electron chi connectivity index (χ1n) is 5.06. The average Bonchev–Trinajstić information content (AvgIpc) is 2.14. The first kappa shape index (κ1) is 15.6.